The largest absolute Gasteiger partial charge is 0.444 e. The van der Waals surface area contributed by atoms with E-state index in [1.807, 2.05) is 0 Å². The molecular weight excluding hydrogens is 250 g/mol. The van der Waals surface area contributed by atoms with Crippen molar-refractivity contribution in [3.05, 3.63) is 12.7 Å². The summed E-state index contributed by atoms with van der Waals surface area (Å²) in [5.74, 6) is -0.293. The summed E-state index contributed by atoms with van der Waals surface area (Å²) in [7, 11) is 0. The maximum Gasteiger partial charge on any atom is 0.408 e. The lowest BCUT2D eigenvalue weighted by Crippen LogP contribution is -2.40. The average Bonchev–Trinajstić information content (AvgIpc) is 2.77. The van der Waals surface area contributed by atoms with Crippen molar-refractivity contribution < 1.29 is 14.3 Å². The van der Waals surface area contributed by atoms with Crippen molar-refractivity contribution in [3.63, 3.8) is 0 Å². The molecule has 0 spiro atoms. The van der Waals surface area contributed by atoms with Crippen LogP contribution in [-0.2, 0) is 16.1 Å². The highest BCUT2D eigenvalue weighted by molar-refractivity contribution is 5.82. The molecule has 1 rings (SSSR count). The third-order valence-electron chi connectivity index (χ3n) is 1.89. The van der Waals surface area contributed by atoms with Gasteiger partial charge in [0.2, 0.25) is 12.2 Å². The van der Waals surface area contributed by atoms with Gasteiger partial charge in [0.1, 0.15) is 11.9 Å². The van der Waals surface area contributed by atoms with Crippen LogP contribution in [0.2, 0.25) is 0 Å². The molecule has 0 fully saturated rings. The Labute approximate surface area is 111 Å². The van der Waals surface area contributed by atoms with Crippen molar-refractivity contribution in [1.82, 2.24) is 25.4 Å². The number of rotatable bonds is 5. The smallest absolute Gasteiger partial charge is 0.408 e. The van der Waals surface area contributed by atoms with Crippen molar-refractivity contribution in [2.75, 3.05) is 13.1 Å². The summed E-state index contributed by atoms with van der Waals surface area (Å²) < 4.78 is 6.61. The zero-order valence-corrected chi connectivity index (χ0v) is 11.3. The van der Waals surface area contributed by atoms with E-state index >= 15 is 0 Å². The summed E-state index contributed by atoms with van der Waals surface area (Å²) in [6, 6.07) is 0. The predicted octanol–water partition coefficient (Wildman–Crippen LogP) is -0.281. The van der Waals surface area contributed by atoms with Crippen LogP contribution in [0.1, 0.15) is 20.8 Å². The van der Waals surface area contributed by atoms with Crippen LogP contribution in [0.4, 0.5) is 4.79 Å². The number of hydrogen-bond acceptors (Lipinski definition) is 5. The number of alkyl carbamates (subject to hydrolysis) is 1. The summed E-state index contributed by atoms with van der Waals surface area (Å²) in [5, 5.41) is 12.1. The number of nitrogens with one attached hydrogen (secondary N) is 2. The van der Waals surface area contributed by atoms with Crippen molar-refractivity contribution >= 4 is 12.0 Å². The maximum absolute atomic E-state index is 11.4. The first-order valence-corrected chi connectivity index (χ1v) is 5.86. The lowest BCUT2D eigenvalue weighted by atomic mass is 10.2. The quantitative estimate of drug-likeness (QED) is 0.765. The summed E-state index contributed by atoms with van der Waals surface area (Å²) in [5.41, 5.74) is -0.579. The molecule has 0 unspecified atom stereocenters. The summed E-state index contributed by atoms with van der Waals surface area (Å²) in [4.78, 5) is 22.7. The SMILES string of the molecule is CC(C)(C)OC(=O)NCC(=O)NCCn1[c]nnc1. The molecule has 0 aliphatic rings. The molecule has 0 aliphatic carbocycles. The van der Waals surface area contributed by atoms with Crippen LogP contribution in [0.3, 0.4) is 0 Å². The second-order valence-corrected chi connectivity index (χ2v) is 4.83. The van der Waals surface area contributed by atoms with Crippen molar-refractivity contribution in [2.45, 2.75) is 32.9 Å². The van der Waals surface area contributed by atoms with Crippen LogP contribution < -0.4 is 10.6 Å². The van der Waals surface area contributed by atoms with Gasteiger partial charge in [-0.2, -0.15) is 0 Å². The van der Waals surface area contributed by atoms with Gasteiger partial charge in [0.05, 0.1) is 6.54 Å². The molecule has 8 heteroatoms. The van der Waals surface area contributed by atoms with Crippen molar-refractivity contribution in [2.24, 2.45) is 0 Å². The van der Waals surface area contributed by atoms with Gasteiger partial charge < -0.3 is 19.9 Å². The molecule has 0 aliphatic heterocycles. The highest BCUT2D eigenvalue weighted by Crippen LogP contribution is 2.05. The molecule has 105 valence electrons. The van der Waals surface area contributed by atoms with Gasteiger partial charge in [0, 0.05) is 13.1 Å². The lowest BCUT2D eigenvalue weighted by Gasteiger charge is -2.19. The molecular formula is C11H18N5O3. The highest BCUT2D eigenvalue weighted by atomic mass is 16.6. The highest BCUT2D eigenvalue weighted by Gasteiger charge is 2.16. The Morgan fingerprint density at radius 3 is 2.68 bits per heavy atom. The van der Waals surface area contributed by atoms with E-state index in [0.29, 0.717) is 13.1 Å². The monoisotopic (exact) mass is 268 g/mol. The van der Waals surface area contributed by atoms with Gasteiger partial charge in [-0.3, -0.25) is 4.79 Å². The van der Waals surface area contributed by atoms with E-state index in [1.165, 1.54) is 6.33 Å². The molecule has 19 heavy (non-hydrogen) atoms. The minimum Gasteiger partial charge on any atom is -0.444 e. The number of amides is 2. The van der Waals surface area contributed by atoms with E-state index < -0.39 is 11.7 Å². The number of carbonyl (C=O) groups excluding carboxylic acids is 2. The number of nitrogens with zero attached hydrogens (tertiary/aromatic N) is 3. The first kappa shape index (κ1) is 14.9. The number of hydrogen-bond donors (Lipinski definition) is 2. The maximum atomic E-state index is 11.4. The van der Waals surface area contributed by atoms with Crippen LogP contribution in [0, 0.1) is 6.33 Å². The molecule has 0 bridgehead atoms. The predicted molar refractivity (Wildman–Crippen MR) is 66.1 cm³/mol. The van der Waals surface area contributed by atoms with Gasteiger partial charge in [-0.25, -0.2) is 4.79 Å². The first-order chi connectivity index (χ1) is 8.87. The van der Waals surface area contributed by atoms with Gasteiger partial charge in [0.25, 0.3) is 0 Å². The van der Waals surface area contributed by atoms with Gasteiger partial charge in [-0.15, -0.1) is 10.2 Å². The van der Waals surface area contributed by atoms with E-state index in [0.717, 1.165) is 0 Å². The third-order valence-corrected chi connectivity index (χ3v) is 1.89. The summed E-state index contributed by atoms with van der Waals surface area (Å²) >= 11 is 0. The fourth-order valence-electron chi connectivity index (χ4n) is 1.15. The van der Waals surface area contributed by atoms with Crippen molar-refractivity contribution in [1.29, 1.82) is 0 Å². The van der Waals surface area contributed by atoms with Crippen LogP contribution in [0.25, 0.3) is 0 Å². The Morgan fingerprint density at radius 2 is 2.11 bits per heavy atom. The molecule has 8 nitrogen and oxygen atoms in total. The fourth-order valence-corrected chi connectivity index (χ4v) is 1.15. The van der Waals surface area contributed by atoms with E-state index in [-0.39, 0.29) is 12.5 Å². The van der Waals surface area contributed by atoms with Gasteiger partial charge in [-0.05, 0) is 20.8 Å². The fraction of sp³-hybridized carbons (Fsp3) is 0.636. The molecule has 1 aromatic heterocycles. The Balaban J connectivity index is 2.12. The second kappa shape index (κ2) is 6.72. The van der Waals surface area contributed by atoms with Crippen LogP contribution in [0.5, 0.6) is 0 Å². The lowest BCUT2D eigenvalue weighted by molar-refractivity contribution is -0.120. The Bertz CT molecular complexity index is 410. The Kier molecular flexibility index (Phi) is 5.28. The number of ether oxygens (including phenoxy) is 1. The molecule has 0 aromatic carbocycles. The van der Waals surface area contributed by atoms with Gasteiger partial charge in [-0.1, -0.05) is 0 Å². The molecule has 1 radical (unpaired) electrons. The Hall–Kier alpha value is -2.12. The number of carbonyl (C=O) groups is 2. The second-order valence-electron chi connectivity index (χ2n) is 4.83. The standard InChI is InChI=1S/C11H18N5O3/c1-11(2,3)19-10(18)13-6-9(17)12-4-5-16-7-14-15-8-16/h7H,4-6H2,1-3H3,(H,12,17)(H,13,18). The summed E-state index contributed by atoms with van der Waals surface area (Å²) in [6.07, 6.45) is 3.49. The number of aromatic nitrogens is 3. The first-order valence-electron chi connectivity index (χ1n) is 5.86. The zero-order chi connectivity index (χ0) is 14.3. The normalized spacial score (nSPS) is 10.9. The molecule has 2 N–H and O–H groups in total. The van der Waals surface area contributed by atoms with Gasteiger partial charge in [0.15, 0.2) is 0 Å². The van der Waals surface area contributed by atoms with E-state index in [1.54, 1.807) is 25.3 Å². The van der Waals surface area contributed by atoms with Gasteiger partial charge >= 0.3 is 6.09 Å². The molecule has 1 aromatic rings. The minimum atomic E-state index is -0.616. The van der Waals surface area contributed by atoms with E-state index in [2.05, 4.69) is 27.2 Å². The van der Waals surface area contributed by atoms with Crippen molar-refractivity contribution in [3.8, 4) is 0 Å². The Morgan fingerprint density at radius 1 is 1.37 bits per heavy atom. The third kappa shape index (κ3) is 7.02. The minimum absolute atomic E-state index is 0.124. The van der Waals surface area contributed by atoms with E-state index in [9.17, 15) is 9.59 Å². The summed E-state index contributed by atoms with van der Waals surface area (Å²) in [6.45, 7) is 6.06. The molecule has 0 saturated heterocycles. The molecule has 0 atom stereocenters. The average molecular weight is 268 g/mol. The molecule has 0 saturated carbocycles. The van der Waals surface area contributed by atoms with Crippen LogP contribution in [-0.4, -0.2) is 45.5 Å². The topological polar surface area (TPSA) is 98.1 Å². The molecule has 2 amide bonds. The zero-order valence-electron chi connectivity index (χ0n) is 11.3. The molecule has 1 heterocycles. The van der Waals surface area contributed by atoms with Crippen LogP contribution in [0.15, 0.2) is 6.33 Å². The van der Waals surface area contributed by atoms with E-state index in [4.69, 9.17) is 4.74 Å². The van der Waals surface area contributed by atoms with Crippen LogP contribution >= 0.6 is 0 Å².